The number of amides is 1. The van der Waals surface area contributed by atoms with Crippen molar-refractivity contribution in [1.82, 2.24) is 20.2 Å². The molecule has 2 aromatic rings. The lowest BCUT2D eigenvalue weighted by Gasteiger charge is -2.31. The van der Waals surface area contributed by atoms with Crippen molar-refractivity contribution in [2.75, 3.05) is 17.2 Å². The van der Waals surface area contributed by atoms with Gasteiger partial charge in [0.15, 0.2) is 0 Å². The summed E-state index contributed by atoms with van der Waals surface area (Å²) >= 11 is 1.51. The van der Waals surface area contributed by atoms with Crippen LogP contribution in [-0.2, 0) is 18.3 Å². The van der Waals surface area contributed by atoms with Gasteiger partial charge in [-0.15, -0.1) is 5.10 Å². The van der Waals surface area contributed by atoms with E-state index >= 15 is 0 Å². The number of fused-ring (bicyclic) bond motifs is 1. The molecule has 2 heterocycles. The normalized spacial score (nSPS) is 14.0. The van der Waals surface area contributed by atoms with Crippen LogP contribution in [0.2, 0.25) is 0 Å². The molecular weight excluding hydrogens is 298 g/mol. The highest BCUT2D eigenvalue weighted by Crippen LogP contribution is 2.31. The summed E-state index contributed by atoms with van der Waals surface area (Å²) in [4.78, 5) is 14.5. The fourth-order valence-electron chi connectivity index (χ4n) is 2.80. The molecule has 1 aromatic heterocycles. The molecular formula is C15H19N5OS. The van der Waals surface area contributed by atoms with Gasteiger partial charge in [0.1, 0.15) is 0 Å². The number of thioether (sulfide) groups is 1. The Morgan fingerprint density at radius 2 is 2.27 bits per heavy atom. The molecule has 0 N–H and O–H groups in total. The van der Waals surface area contributed by atoms with Crippen molar-refractivity contribution in [2.24, 2.45) is 7.05 Å². The van der Waals surface area contributed by atoms with Crippen LogP contribution in [0.3, 0.4) is 0 Å². The van der Waals surface area contributed by atoms with Crippen molar-refractivity contribution >= 4 is 23.4 Å². The number of nitrogens with zero attached hydrogens (tertiary/aromatic N) is 5. The van der Waals surface area contributed by atoms with Gasteiger partial charge in [-0.1, -0.05) is 30.0 Å². The number of anilines is 1. The van der Waals surface area contributed by atoms with Crippen molar-refractivity contribution in [3.63, 3.8) is 0 Å². The number of hydrogen-bond donors (Lipinski definition) is 0. The van der Waals surface area contributed by atoms with Crippen molar-refractivity contribution in [3.8, 4) is 0 Å². The fraction of sp³-hybridized carbons (Fsp3) is 0.467. The van der Waals surface area contributed by atoms with E-state index in [1.807, 2.05) is 4.90 Å². The van der Waals surface area contributed by atoms with Gasteiger partial charge in [-0.25, -0.2) is 4.68 Å². The van der Waals surface area contributed by atoms with Crippen molar-refractivity contribution in [2.45, 2.75) is 31.3 Å². The molecule has 0 atom stereocenters. The van der Waals surface area contributed by atoms with E-state index in [-0.39, 0.29) is 5.91 Å². The summed E-state index contributed by atoms with van der Waals surface area (Å²) < 4.78 is 1.62. The first-order chi connectivity index (χ1) is 10.7. The summed E-state index contributed by atoms with van der Waals surface area (Å²) in [5, 5.41) is 12.0. The molecule has 1 aromatic carbocycles. The maximum absolute atomic E-state index is 12.6. The number of aromatic nitrogens is 4. The third-order valence-electron chi connectivity index (χ3n) is 3.85. The molecule has 3 rings (SSSR count). The number of carbonyl (C=O) groups excluding carboxylic acids is 1. The molecule has 1 aliphatic rings. The minimum atomic E-state index is 0.179. The van der Waals surface area contributed by atoms with Crippen LogP contribution in [0.15, 0.2) is 23.4 Å². The Bertz CT molecular complexity index is 684. The van der Waals surface area contributed by atoms with Crippen LogP contribution in [-0.4, -0.2) is 38.4 Å². The Balaban J connectivity index is 1.65. The zero-order valence-electron chi connectivity index (χ0n) is 12.8. The number of benzene rings is 1. The molecule has 0 aliphatic carbocycles. The quantitative estimate of drug-likeness (QED) is 0.807. The largest absolute Gasteiger partial charge is 0.312 e. The Kier molecular flexibility index (Phi) is 4.42. The lowest BCUT2D eigenvalue weighted by atomic mass is 9.98. The van der Waals surface area contributed by atoms with Gasteiger partial charge in [-0.2, -0.15) is 0 Å². The van der Waals surface area contributed by atoms with E-state index in [0.717, 1.165) is 30.2 Å². The van der Waals surface area contributed by atoms with E-state index in [1.54, 1.807) is 11.7 Å². The Morgan fingerprint density at radius 1 is 1.41 bits per heavy atom. The molecule has 0 bridgehead atoms. The van der Waals surface area contributed by atoms with Gasteiger partial charge < -0.3 is 4.90 Å². The Labute approximate surface area is 133 Å². The van der Waals surface area contributed by atoms with Crippen LogP contribution in [0, 0.1) is 6.92 Å². The molecule has 1 aliphatic heterocycles. The third kappa shape index (κ3) is 2.99. The Morgan fingerprint density at radius 3 is 3.05 bits per heavy atom. The molecule has 22 heavy (non-hydrogen) atoms. The van der Waals surface area contributed by atoms with Gasteiger partial charge in [0, 0.05) is 31.5 Å². The molecule has 0 saturated carbocycles. The molecule has 1 amide bonds. The lowest BCUT2D eigenvalue weighted by molar-refractivity contribution is -0.118. The van der Waals surface area contributed by atoms with Crippen LogP contribution in [0.5, 0.6) is 0 Å². The predicted octanol–water partition coefficient (Wildman–Crippen LogP) is 1.98. The molecule has 0 saturated heterocycles. The number of tetrazole rings is 1. The first-order valence-corrected chi connectivity index (χ1v) is 8.39. The van der Waals surface area contributed by atoms with E-state index in [2.05, 4.69) is 40.6 Å². The first-order valence-electron chi connectivity index (χ1n) is 7.41. The predicted molar refractivity (Wildman–Crippen MR) is 86.0 cm³/mol. The standard InChI is InChI=1S/C15H19N5OS/c1-11-5-3-6-12-7-4-9-20(14(11)12)13(21)8-10-22-15-16-17-18-19(15)2/h3,5-6H,4,7-10H2,1-2H3. The lowest BCUT2D eigenvalue weighted by Crippen LogP contribution is -2.36. The second kappa shape index (κ2) is 6.48. The molecule has 7 heteroatoms. The number of para-hydroxylation sites is 1. The molecule has 0 spiro atoms. The smallest absolute Gasteiger partial charge is 0.227 e. The summed E-state index contributed by atoms with van der Waals surface area (Å²) in [5.74, 6) is 0.864. The van der Waals surface area contributed by atoms with Crippen LogP contribution in [0.4, 0.5) is 5.69 Å². The van der Waals surface area contributed by atoms with Gasteiger partial charge in [0.05, 0.1) is 0 Å². The minimum absolute atomic E-state index is 0.179. The maximum atomic E-state index is 12.6. The zero-order chi connectivity index (χ0) is 15.5. The molecule has 0 unspecified atom stereocenters. The molecule has 0 fully saturated rings. The van der Waals surface area contributed by atoms with Crippen LogP contribution < -0.4 is 4.90 Å². The topological polar surface area (TPSA) is 63.9 Å². The number of aryl methyl sites for hydroxylation is 3. The number of hydrogen-bond acceptors (Lipinski definition) is 5. The summed E-state index contributed by atoms with van der Waals surface area (Å²) in [6.07, 6.45) is 2.58. The van der Waals surface area contributed by atoms with E-state index in [1.165, 1.54) is 22.9 Å². The SMILES string of the molecule is Cc1cccc2c1N(C(=O)CCSc1nnnn1C)CCC2. The second-order valence-corrected chi connectivity index (χ2v) is 6.48. The van der Waals surface area contributed by atoms with Gasteiger partial charge in [-0.05, 0) is 41.3 Å². The third-order valence-corrected chi connectivity index (χ3v) is 4.86. The van der Waals surface area contributed by atoms with Crippen molar-refractivity contribution in [1.29, 1.82) is 0 Å². The van der Waals surface area contributed by atoms with Crippen molar-refractivity contribution in [3.05, 3.63) is 29.3 Å². The number of carbonyl (C=O) groups is 1. The van der Waals surface area contributed by atoms with Gasteiger partial charge >= 0.3 is 0 Å². The van der Waals surface area contributed by atoms with Crippen molar-refractivity contribution < 1.29 is 4.79 Å². The van der Waals surface area contributed by atoms with E-state index in [4.69, 9.17) is 0 Å². The van der Waals surface area contributed by atoms with E-state index in [0.29, 0.717) is 12.2 Å². The summed E-state index contributed by atoms with van der Waals surface area (Å²) in [6.45, 7) is 2.89. The minimum Gasteiger partial charge on any atom is -0.312 e. The van der Waals surface area contributed by atoms with Crippen LogP contribution >= 0.6 is 11.8 Å². The van der Waals surface area contributed by atoms with E-state index < -0.39 is 0 Å². The second-order valence-electron chi connectivity index (χ2n) is 5.42. The summed E-state index contributed by atoms with van der Waals surface area (Å²) in [7, 11) is 1.80. The highest BCUT2D eigenvalue weighted by Gasteiger charge is 2.23. The number of rotatable bonds is 4. The monoisotopic (exact) mass is 317 g/mol. The average Bonchev–Trinajstić information content (AvgIpc) is 2.92. The maximum Gasteiger partial charge on any atom is 0.227 e. The summed E-state index contributed by atoms with van der Waals surface area (Å²) in [5.41, 5.74) is 3.57. The molecule has 116 valence electrons. The van der Waals surface area contributed by atoms with Crippen LogP contribution in [0.1, 0.15) is 24.0 Å². The Hall–Kier alpha value is -1.89. The molecule has 0 radical (unpaired) electrons. The zero-order valence-corrected chi connectivity index (χ0v) is 13.6. The van der Waals surface area contributed by atoms with E-state index in [9.17, 15) is 4.79 Å². The highest BCUT2D eigenvalue weighted by molar-refractivity contribution is 7.99. The van der Waals surface area contributed by atoms with Gasteiger partial charge in [-0.3, -0.25) is 4.79 Å². The molecule has 6 nitrogen and oxygen atoms in total. The first kappa shape index (κ1) is 15.0. The van der Waals surface area contributed by atoms with Gasteiger partial charge in [0.2, 0.25) is 11.1 Å². The summed E-state index contributed by atoms with van der Waals surface area (Å²) in [6, 6.07) is 6.27. The average molecular weight is 317 g/mol. The highest BCUT2D eigenvalue weighted by atomic mass is 32.2. The van der Waals surface area contributed by atoms with Crippen LogP contribution in [0.25, 0.3) is 0 Å². The van der Waals surface area contributed by atoms with Gasteiger partial charge in [0.25, 0.3) is 0 Å². The fourth-order valence-corrected chi connectivity index (χ4v) is 3.58.